The minimum absolute atomic E-state index is 0.140. The van der Waals surface area contributed by atoms with Crippen molar-refractivity contribution >= 4 is 28.4 Å². The molecule has 2 aliphatic rings. The summed E-state index contributed by atoms with van der Waals surface area (Å²) in [6.45, 7) is 4.16. The second-order valence-corrected chi connectivity index (χ2v) is 11.7. The number of hydrogen-bond donors (Lipinski definition) is 2. The monoisotopic (exact) mass is 542 g/mol. The van der Waals surface area contributed by atoms with Gasteiger partial charge in [0, 0.05) is 33.6 Å². The third kappa shape index (κ3) is 5.15. The molecular weight excluding hydrogens is 508 g/mol. The highest BCUT2D eigenvalue weighted by Crippen LogP contribution is 2.36. The molecule has 39 heavy (non-hydrogen) atoms. The van der Waals surface area contributed by atoms with Crippen molar-refractivity contribution in [3.05, 3.63) is 82.9 Å². The van der Waals surface area contributed by atoms with Crippen molar-refractivity contribution in [1.82, 2.24) is 20.4 Å². The molecule has 3 heterocycles. The number of benzene rings is 3. The van der Waals surface area contributed by atoms with Crippen LogP contribution in [0.5, 0.6) is 5.75 Å². The van der Waals surface area contributed by atoms with Crippen molar-refractivity contribution in [1.29, 1.82) is 0 Å². The first-order chi connectivity index (χ1) is 18.9. The van der Waals surface area contributed by atoms with Gasteiger partial charge in [-0.2, -0.15) is 5.10 Å². The predicted octanol–water partition coefficient (Wildman–Crippen LogP) is 7.01. The summed E-state index contributed by atoms with van der Waals surface area (Å²) in [6, 6.07) is 22.6. The molecule has 0 radical (unpaired) electrons. The van der Waals surface area contributed by atoms with Gasteiger partial charge in [-0.25, -0.2) is 0 Å². The van der Waals surface area contributed by atoms with Gasteiger partial charge in [0.1, 0.15) is 11.9 Å². The largest absolute Gasteiger partial charge is 0.490 e. The Morgan fingerprint density at radius 3 is 2.46 bits per heavy atom. The topological polar surface area (TPSA) is 70.2 Å². The minimum Gasteiger partial charge on any atom is -0.490 e. The number of ether oxygens (including phenoxy) is 1. The molecule has 2 saturated heterocycles. The number of nitrogens with one attached hydrogen (secondary N) is 2. The van der Waals surface area contributed by atoms with E-state index in [1.54, 1.807) is 0 Å². The molecule has 3 aromatic carbocycles. The Balaban J connectivity index is 1.20. The van der Waals surface area contributed by atoms with Crippen molar-refractivity contribution in [3.63, 3.8) is 0 Å². The van der Waals surface area contributed by atoms with Crippen LogP contribution in [0.2, 0.25) is 5.02 Å². The number of hydrogen-bond acceptors (Lipinski definition) is 4. The lowest BCUT2D eigenvalue weighted by Crippen LogP contribution is -2.43. The second-order valence-electron chi connectivity index (χ2n) is 11.3. The summed E-state index contributed by atoms with van der Waals surface area (Å²) in [6.07, 6.45) is 5.03. The lowest BCUT2D eigenvalue weighted by molar-refractivity contribution is 0.0662. The summed E-state index contributed by atoms with van der Waals surface area (Å²) in [5, 5.41) is 12.4. The summed E-state index contributed by atoms with van der Waals surface area (Å²) in [5.41, 5.74) is 4.18. The molecule has 0 unspecified atom stereocenters. The number of amides is 1. The molecule has 6 nitrogen and oxygen atoms in total. The zero-order chi connectivity index (χ0) is 27.1. The maximum absolute atomic E-state index is 13.4. The van der Waals surface area contributed by atoms with Crippen LogP contribution in [0.1, 0.15) is 61.5 Å². The third-order valence-corrected chi connectivity index (χ3v) is 8.85. The number of aromatic nitrogens is 2. The van der Waals surface area contributed by atoms with Gasteiger partial charge >= 0.3 is 0 Å². The van der Waals surface area contributed by atoms with Crippen molar-refractivity contribution in [2.45, 2.75) is 63.8 Å². The fourth-order valence-electron chi connectivity index (χ4n) is 6.27. The third-order valence-electron chi connectivity index (χ3n) is 8.50. The normalized spacial score (nSPS) is 21.8. The van der Waals surface area contributed by atoms with E-state index >= 15 is 0 Å². The predicted molar refractivity (Wildman–Crippen MR) is 156 cm³/mol. The van der Waals surface area contributed by atoms with Crippen LogP contribution in [0, 0.1) is 5.92 Å². The highest BCUT2D eigenvalue weighted by atomic mass is 35.5. The van der Waals surface area contributed by atoms with Crippen molar-refractivity contribution < 1.29 is 9.53 Å². The Hall–Kier alpha value is -3.35. The first kappa shape index (κ1) is 25.9. The first-order valence-electron chi connectivity index (χ1n) is 13.9. The number of fused-ring (bicyclic) bond motifs is 3. The molecule has 4 aromatic rings. The van der Waals surface area contributed by atoms with Gasteiger partial charge in [-0.15, -0.1) is 0 Å². The Morgan fingerprint density at radius 1 is 1.05 bits per heavy atom. The van der Waals surface area contributed by atoms with E-state index in [2.05, 4.69) is 41.3 Å². The Bertz CT molecular complexity index is 1470. The minimum atomic E-state index is -0.196. The zero-order valence-corrected chi connectivity index (χ0v) is 23.4. The molecule has 2 bridgehead atoms. The van der Waals surface area contributed by atoms with Gasteiger partial charge in [0.2, 0.25) is 0 Å². The lowest BCUT2D eigenvalue weighted by atomic mass is 9.95. The highest BCUT2D eigenvalue weighted by molar-refractivity contribution is 6.31. The van der Waals surface area contributed by atoms with E-state index in [1.807, 2.05) is 66.7 Å². The number of halogens is 1. The molecular formula is C32H35ClN4O2. The average molecular weight is 543 g/mol. The molecule has 2 aliphatic heterocycles. The fraction of sp³-hybridized carbons (Fsp3) is 0.375. The Labute approximate surface area is 234 Å². The van der Waals surface area contributed by atoms with Crippen LogP contribution in [0.25, 0.3) is 22.2 Å². The number of carbonyl (C=O) groups is 1. The molecule has 7 heteroatoms. The molecule has 1 amide bonds. The molecule has 0 aliphatic carbocycles. The fourth-order valence-corrected chi connectivity index (χ4v) is 6.53. The molecule has 6 rings (SSSR count). The van der Waals surface area contributed by atoms with E-state index in [0.29, 0.717) is 22.7 Å². The number of rotatable bonds is 7. The van der Waals surface area contributed by atoms with E-state index in [9.17, 15) is 4.79 Å². The quantitative estimate of drug-likeness (QED) is 0.263. The van der Waals surface area contributed by atoms with E-state index in [4.69, 9.17) is 16.3 Å². The van der Waals surface area contributed by atoms with Gasteiger partial charge in [-0.05, 0) is 92.7 Å². The van der Waals surface area contributed by atoms with Crippen LogP contribution in [0.4, 0.5) is 0 Å². The van der Waals surface area contributed by atoms with Crippen LogP contribution in [0.15, 0.2) is 66.7 Å². The number of H-pyrrole nitrogens is 1. The van der Waals surface area contributed by atoms with E-state index < -0.39 is 0 Å². The van der Waals surface area contributed by atoms with E-state index in [-0.39, 0.29) is 24.0 Å². The summed E-state index contributed by atoms with van der Waals surface area (Å²) >= 11 is 6.46. The van der Waals surface area contributed by atoms with Gasteiger partial charge in [0.05, 0.1) is 17.3 Å². The number of carbonyl (C=O) groups excluding carboxylic acids is 1. The van der Waals surface area contributed by atoms with Gasteiger partial charge in [0.15, 0.2) is 0 Å². The molecule has 2 N–H and O–H groups in total. The molecule has 4 atom stereocenters. The maximum Gasteiger partial charge on any atom is 0.251 e. The standard InChI is InChI=1S/C32H35ClN4O2/c1-19(2)30(26-6-4-5-7-28(26)33)34-32(38)21-10-15-29-27(16-21)31(36-35-29)20-8-13-24(14-9-20)39-25-17-22-11-12-23(18-25)37(22)3/h4-10,13-16,19,22-23,25,30H,11-12,17-18H2,1-3H3,(H,34,38)(H,35,36)/t22-,23+,25-,30-/m1/s1. The van der Waals surface area contributed by atoms with E-state index in [1.165, 1.54) is 12.8 Å². The smallest absolute Gasteiger partial charge is 0.251 e. The molecule has 0 saturated carbocycles. The summed E-state index contributed by atoms with van der Waals surface area (Å²) in [5.74, 6) is 0.929. The first-order valence-corrected chi connectivity index (χ1v) is 14.3. The highest BCUT2D eigenvalue weighted by Gasteiger charge is 2.39. The Kier molecular flexibility index (Phi) is 7.08. The van der Waals surface area contributed by atoms with Crippen molar-refractivity contribution in [2.24, 2.45) is 5.92 Å². The summed E-state index contributed by atoms with van der Waals surface area (Å²) < 4.78 is 6.38. The van der Waals surface area contributed by atoms with Crippen molar-refractivity contribution in [3.8, 4) is 17.0 Å². The SMILES string of the molecule is CC(C)[C@@H](NC(=O)c1ccc2[nH]nc(-c3ccc(O[C@@H]4C[C@H]5CC[C@@H](C4)N5C)cc3)c2c1)c1ccccc1Cl. The van der Waals surface area contributed by atoms with Crippen LogP contribution < -0.4 is 10.1 Å². The summed E-state index contributed by atoms with van der Waals surface area (Å²) in [4.78, 5) is 15.9. The van der Waals surface area contributed by atoms with Gasteiger partial charge in [-0.1, -0.05) is 43.6 Å². The number of aromatic amines is 1. The van der Waals surface area contributed by atoms with Crippen LogP contribution in [0.3, 0.4) is 0 Å². The molecule has 2 fully saturated rings. The van der Waals surface area contributed by atoms with Gasteiger partial charge < -0.3 is 15.0 Å². The van der Waals surface area contributed by atoms with Gasteiger partial charge in [-0.3, -0.25) is 9.89 Å². The number of nitrogens with zero attached hydrogens (tertiary/aromatic N) is 2. The maximum atomic E-state index is 13.4. The molecule has 1 aromatic heterocycles. The van der Waals surface area contributed by atoms with Crippen LogP contribution in [-0.4, -0.2) is 46.2 Å². The Morgan fingerprint density at radius 2 is 1.77 bits per heavy atom. The van der Waals surface area contributed by atoms with Crippen LogP contribution >= 0.6 is 11.6 Å². The van der Waals surface area contributed by atoms with Crippen LogP contribution in [-0.2, 0) is 0 Å². The average Bonchev–Trinajstić information content (AvgIpc) is 3.43. The number of piperidine rings is 1. The van der Waals surface area contributed by atoms with E-state index in [0.717, 1.165) is 46.3 Å². The second kappa shape index (κ2) is 10.7. The molecule has 202 valence electrons. The van der Waals surface area contributed by atoms with Gasteiger partial charge in [0.25, 0.3) is 5.91 Å². The summed E-state index contributed by atoms with van der Waals surface area (Å²) in [7, 11) is 2.25. The molecule has 0 spiro atoms. The zero-order valence-electron chi connectivity index (χ0n) is 22.7. The van der Waals surface area contributed by atoms with Crippen molar-refractivity contribution in [2.75, 3.05) is 7.05 Å². The lowest BCUT2D eigenvalue weighted by Gasteiger charge is -2.36.